The van der Waals surface area contributed by atoms with Gasteiger partial charge in [-0.05, 0) is 67.5 Å². The average molecular weight is 446 g/mol. The summed E-state index contributed by atoms with van der Waals surface area (Å²) in [5.41, 5.74) is 4.95. The Hall–Kier alpha value is -3.19. The summed E-state index contributed by atoms with van der Waals surface area (Å²) in [6, 6.07) is 10.8. The Labute approximate surface area is 194 Å². The number of allylic oxidation sites excluding steroid dienone is 1. The number of fused-ring (bicyclic) bond motifs is 3. The van der Waals surface area contributed by atoms with E-state index in [0.29, 0.717) is 29.6 Å². The van der Waals surface area contributed by atoms with Crippen LogP contribution in [0.25, 0.3) is 16.7 Å². The van der Waals surface area contributed by atoms with Crippen LogP contribution in [0.3, 0.4) is 0 Å². The lowest BCUT2D eigenvalue weighted by atomic mass is 9.78. The molecule has 2 aliphatic heterocycles. The van der Waals surface area contributed by atoms with Crippen molar-refractivity contribution in [3.8, 4) is 17.0 Å². The topological polar surface area (TPSA) is 94.3 Å². The second-order valence-electron chi connectivity index (χ2n) is 9.49. The van der Waals surface area contributed by atoms with Crippen LogP contribution in [0.2, 0.25) is 0 Å². The molecule has 7 nitrogen and oxygen atoms in total. The summed E-state index contributed by atoms with van der Waals surface area (Å²) in [6.07, 6.45) is 7.82. The first-order valence-electron chi connectivity index (χ1n) is 11.6. The number of nitrogens with zero attached hydrogens (tertiary/aromatic N) is 2. The van der Waals surface area contributed by atoms with E-state index in [1.165, 1.54) is 32.6 Å². The van der Waals surface area contributed by atoms with Gasteiger partial charge in [0.25, 0.3) is 0 Å². The molecule has 0 radical (unpaired) electrons. The third-order valence-electron chi connectivity index (χ3n) is 7.12. The molecule has 0 amide bonds. The molecule has 1 saturated heterocycles. The van der Waals surface area contributed by atoms with Gasteiger partial charge in [0.05, 0.1) is 7.11 Å². The van der Waals surface area contributed by atoms with E-state index in [1.54, 1.807) is 6.08 Å². The molecule has 1 saturated carbocycles. The molecule has 5 rings (SSSR count). The number of ether oxygens (including phenoxy) is 2. The number of methoxy groups -OCH3 is 1. The lowest BCUT2D eigenvalue weighted by molar-refractivity contribution is 0.189. The fourth-order valence-electron chi connectivity index (χ4n) is 5.06. The first kappa shape index (κ1) is 21.6. The first-order chi connectivity index (χ1) is 16.0. The van der Waals surface area contributed by atoms with E-state index in [9.17, 15) is 0 Å². The molecule has 1 aromatic heterocycles. The molecule has 1 aromatic carbocycles. The molecule has 1 unspecified atom stereocenters. The highest BCUT2D eigenvalue weighted by Gasteiger charge is 2.36. The van der Waals surface area contributed by atoms with Crippen LogP contribution in [-0.4, -0.2) is 48.9 Å². The normalized spacial score (nSPS) is 20.8. The van der Waals surface area contributed by atoms with Crippen molar-refractivity contribution >= 4 is 23.5 Å². The molecular formula is C26H31N5O2. The maximum absolute atomic E-state index is 7.72. The van der Waals surface area contributed by atoms with Crippen molar-refractivity contribution in [3.05, 3.63) is 47.5 Å². The Morgan fingerprint density at radius 2 is 2.09 bits per heavy atom. The van der Waals surface area contributed by atoms with E-state index in [4.69, 9.17) is 25.3 Å². The largest absolute Gasteiger partial charge is 0.481 e. The van der Waals surface area contributed by atoms with Crippen molar-refractivity contribution in [3.63, 3.8) is 0 Å². The third kappa shape index (κ3) is 4.25. The number of nitrogens with one attached hydrogen (secondary N) is 3. The highest BCUT2D eigenvalue weighted by atomic mass is 16.5. The average Bonchev–Trinajstić information content (AvgIpc) is 3.28. The summed E-state index contributed by atoms with van der Waals surface area (Å²) in [5, 5.41) is 19.3. The van der Waals surface area contributed by atoms with Crippen LogP contribution >= 0.6 is 0 Å². The molecule has 2 aromatic rings. The molecule has 1 aliphatic carbocycles. The van der Waals surface area contributed by atoms with Crippen molar-refractivity contribution in [1.82, 2.24) is 10.3 Å². The summed E-state index contributed by atoms with van der Waals surface area (Å²) in [5.74, 6) is 1.67. The van der Waals surface area contributed by atoms with Gasteiger partial charge < -0.3 is 25.1 Å². The molecule has 0 spiro atoms. The van der Waals surface area contributed by atoms with Crippen LogP contribution in [0, 0.1) is 10.8 Å². The number of hydrogen-bond donors (Lipinski definition) is 3. The van der Waals surface area contributed by atoms with Crippen molar-refractivity contribution < 1.29 is 9.47 Å². The van der Waals surface area contributed by atoms with Gasteiger partial charge in [-0.3, -0.25) is 5.41 Å². The molecule has 2 fully saturated rings. The highest BCUT2D eigenvalue weighted by molar-refractivity contribution is 6.14. The van der Waals surface area contributed by atoms with Gasteiger partial charge in [-0.15, -0.1) is 0 Å². The molecular weight excluding hydrogens is 414 g/mol. The number of aromatic nitrogens is 1. The van der Waals surface area contributed by atoms with Gasteiger partial charge in [-0.2, -0.15) is 4.98 Å². The molecule has 3 N–H and O–H groups in total. The van der Waals surface area contributed by atoms with Crippen LogP contribution < -0.4 is 15.0 Å². The van der Waals surface area contributed by atoms with Crippen LogP contribution in [-0.2, 0) is 11.3 Å². The molecule has 33 heavy (non-hydrogen) atoms. The number of hydrogen-bond acceptors (Lipinski definition) is 7. The van der Waals surface area contributed by atoms with Gasteiger partial charge in [0.2, 0.25) is 11.8 Å². The van der Waals surface area contributed by atoms with Crippen LogP contribution in [0.15, 0.2) is 36.4 Å². The quantitative estimate of drug-likeness (QED) is 0.452. The lowest BCUT2D eigenvalue weighted by Gasteiger charge is -2.41. The van der Waals surface area contributed by atoms with E-state index in [-0.39, 0.29) is 5.90 Å². The molecule has 172 valence electrons. The van der Waals surface area contributed by atoms with E-state index in [0.717, 1.165) is 47.6 Å². The molecule has 3 aliphatic rings. The predicted octanol–water partition coefficient (Wildman–Crippen LogP) is 4.41. The maximum Gasteiger partial charge on any atom is 0.223 e. The fourth-order valence-corrected chi connectivity index (χ4v) is 5.06. The van der Waals surface area contributed by atoms with Crippen molar-refractivity contribution in [2.75, 3.05) is 25.1 Å². The van der Waals surface area contributed by atoms with Gasteiger partial charge >= 0.3 is 0 Å². The molecule has 1 atom stereocenters. The number of pyridine rings is 1. The van der Waals surface area contributed by atoms with E-state index >= 15 is 0 Å². The highest BCUT2D eigenvalue weighted by Crippen LogP contribution is 2.39. The van der Waals surface area contributed by atoms with Gasteiger partial charge in [0, 0.05) is 48.1 Å². The first-order valence-corrected chi connectivity index (χ1v) is 11.6. The SMILES string of the molecule is COC(=N)/C=C(\C=N)c1ccc2c(c1)COc1nc(N3CCC(NC4(C)CCC4)C3)ccc1-2. The third-order valence-corrected chi connectivity index (χ3v) is 7.12. The van der Waals surface area contributed by atoms with E-state index < -0.39 is 0 Å². The van der Waals surface area contributed by atoms with Gasteiger partial charge in [-0.1, -0.05) is 12.1 Å². The Kier molecular flexibility index (Phi) is 5.66. The van der Waals surface area contributed by atoms with Gasteiger partial charge in [0.1, 0.15) is 12.4 Å². The Morgan fingerprint density at radius 3 is 2.82 bits per heavy atom. The summed E-state index contributed by atoms with van der Waals surface area (Å²) in [4.78, 5) is 7.22. The number of benzene rings is 1. The fraction of sp³-hybridized carbons (Fsp3) is 0.423. The van der Waals surface area contributed by atoms with Crippen molar-refractivity contribution in [2.24, 2.45) is 0 Å². The van der Waals surface area contributed by atoms with Crippen molar-refractivity contribution in [1.29, 1.82) is 10.8 Å². The minimum absolute atomic E-state index is 0.0192. The van der Waals surface area contributed by atoms with Crippen molar-refractivity contribution in [2.45, 2.75) is 50.8 Å². The Morgan fingerprint density at radius 1 is 1.27 bits per heavy atom. The standard InChI is InChI=1S/C26H31N5O2/c1-26(9-3-10-26)30-20-8-11-31(15-20)24-7-6-22-21-5-4-17(18(14-27)13-23(28)32-2)12-19(21)16-33-25(22)29-24/h4-7,12-14,20,27-28,30H,3,8-11,15-16H2,1-2H3/b18-13+,27-14?,28-23?. The smallest absolute Gasteiger partial charge is 0.223 e. The number of anilines is 1. The zero-order valence-corrected chi connectivity index (χ0v) is 19.3. The zero-order valence-electron chi connectivity index (χ0n) is 19.3. The second kappa shape index (κ2) is 8.63. The molecule has 7 heteroatoms. The molecule has 3 heterocycles. The summed E-state index contributed by atoms with van der Waals surface area (Å²) in [6.45, 7) is 4.77. The van der Waals surface area contributed by atoms with Crippen LogP contribution in [0.5, 0.6) is 5.88 Å². The van der Waals surface area contributed by atoms with Gasteiger partial charge in [-0.25, -0.2) is 0 Å². The van der Waals surface area contributed by atoms with E-state index in [1.807, 2.05) is 12.1 Å². The minimum Gasteiger partial charge on any atom is -0.481 e. The van der Waals surface area contributed by atoms with Crippen LogP contribution in [0.1, 0.15) is 43.7 Å². The second-order valence-corrected chi connectivity index (χ2v) is 9.49. The lowest BCUT2D eigenvalue weighted by Crippen LogP contribution is -2.53. The monoisotopic (exact) mass is 445 g/mol. The summed E-state index contributed by atoms with van der Waals surface area (Å²) < 4.78 is 11.0. The summed E-state index contributed by atoms with van der Waals surface area (Å²) >= 11 is 0. The Balaban J connectivity index is 1.34. The predicted molar refractivity (Wildman–Crippen MR) is 132 cm³/mol. The number of rotatable bonds is 6. The van der Waals surface area contributed by atoms with E-state index in [2.05, 4.69) is 35.3 Å². The Bertz CT molecular complexity index is 1120. The van der Waals surface area contributed by atoms with Gasteiger partial charge in [0.15, 0.2) is 0 Å². The van der Waals surface area contributed by atoms with Crippen LogP contribution in [0.4, 0.5) is 5.82 Å². The summed E-state index contributed by atoms with van der Waals surface area (Å²) in [7, 11) is 1.45. The molecule has 0 bridgehead atoms. The minimum atomic E-state index is 0.0192. The maximum atomic E-state index is 7.72. The zero-order chi connectivity index (χ0) is 23.0.